The average Bonchev–Trinajstić information content (AvgIpc) is 3.27. The Balaban J connectivity index is 1.36. The van der Waals surface area contributed by atoms with E-state index in [-0.39, 0.29) is 28.2 Å². The summed E-state index contributed by atoms with van der Waals surface area (Å²) >= 11 is 6.44. The number of nitrogens with zero attached hydrogens (tertiary/aromatic N) is 2. The molecule has 1 saturated heterocycles. The lowest BCUT2D eigenvalue weighted by atomic mass is 9.55. The quantitative estimate of drug-likeness (QED) is 0.211. The van der Waals surface area contributed by atoms with E-state index in [1.54, 1.807) is 37.3 Å². The highest BCUT2D eigenvalue weighted by Crippen LogP contribution is 2.61. The fourth-order valence-corrected chi connectivity index (χ4v) is 7.36. The first-order chi connectivity index (χ1) is 20.3. The Morgan fingerprint density at radius 1 is 0.714 bits per heavy atom. The number of Topliss-reactive ketones (excluding diaryl/α,β-unsaturated/α-hetero) is 1. The maximum absolute atomic E-state index is 14.5. The largest absolute Gasteiger partial charge is 0.292 e. The molecule has 6 nitrogen and oxygen atoms in total. The molecule has 4 aromatic rings. The van der Waals surface area contributed by atoms with Crippen molar-refractivity contribution in [1.29, 1.82) is 0 Å². The molecule has 0 saturated carbocycles. The highest BCUT2D eigenvalue weighted by atomic mass is 35.5. The lowest BCUT2D eigenvalue weighted by Crippen LogP contribution is -2.56. The van der Waals surface area contributed by atoms with Crippen LogP contribution in [0.5, 0.6) is 0 Å². The predicted molar refractivity (Wildman–Crippen MR) is 158 cm³/mol. The van der Waals surface area contributed by atoms with E-state index in [4.69, 9.17) is 11.6 Å². The first-order valence-electron chi connectivity index (χ1n) is 14.0. The minimum Gasteiger partial charge on any atom is -0.292 e. The molecule has 3 aliphatic carbocycles. The number of hydrogen-bond acceptors (Lipinski definition) is 4. The van der Waals surface area contributed by atoms with E-state index in [2.05, 4.69) is 0 Å². The van der Waals surface area contributed by atoms with E-state index < -0.39 is 35.6 Å². The molecule has 3 amide bonds. The van der Waals surface area contributed by atoms with Crippen molar-refractivity contribution < 1.29 is 19.2 Å². The second-order valence-corrected chi connectivity index (χ2v) is 11.7. The number of imide groups is 1. The maximum Gasteiger partial charge on any atom is 0.275 e. The van der Waals surface area contributed by atoms with Crippen LogP contribution in [-0.2, 0) is 9.59 Å². The molecule has 3 atom stereocenters. The van der Waals surface area contributed by atoms with Crippen molar-refractivity contribution in [3.8, 4) is 0 Å². The van der Waals surface area contributed by atoms with Gasteiger partial charge in [-0.25, -0.2) is 5.01 Å². The molecule has 208 valence electrons. The number of ketones is 1. The van der Waals surface area contributed by atoms with Crippen molar-refractivity contribution >= 4 is 35.1 Å². The van der Waals surface area contributed by atoms with Crippen LogP contribution in [0.1, 0.15) is 67.3 Å². The molecule has 0 unspecified atom stereocenters. The molecule has 4 aromatic carbocycles. The summed E-state index contributed by atoms with van der Waals surface area (Å²) < 4.78 is 0. The Kier molecular flexibility index (Phi) is 6.13. The molecule has 4 aliphatic rings. The fraction of sp³-hybridized carbons (Fsp3) is 0.200. The van der Waals surface area contributed by atoms with Crippen LogP contribution in [-0.4, -0.2) is 39.6 Å². The van der Waals surface area contributed by atoms with Crippen LogP contribution < -0.4 is 0 Å². The predicted octanol–water partition coefficient (Wildman–Crippen LogP) is 6.17. The first kappa shape index (κ1) is 26.4. The van der Waals surface area contributed by atoms with Crippen LogP contribution in [0.15, 0.2) is 97.1 Å². The summed E-state index contributed by atoms with van der Waals surface area (Å²) in [5, 5.41) is 2.16. The Hall–Kier alpha value is -4.55. The summed E-state index contributed by atoms with van der Waals surface area (Å²) in [6.45, 7) is 3.47. The zero-order valence-electron chi connectivity index (χ0n) is 23.0. The third-order valence-electron chi connectivity index (χ3n) is 9.04. The number of hydrazine groups is 1. The van der Waals surface area contributed by atoms with Gasteiger partial charge in [0.1, 0.15) is 6.04 Å². The Morgan fingerprint density at radius 3 is 1.64 bits per heavy atom. The molecule has 8 rings (SSSR count). The lowest BCUT2D eigenvalue weighted by Gasteiger charge is -2.45. The van der Waals surface area contributed by atoms with Gasteiger partial charge in [-0.05, 0) is 48.2 Å². The summed E-state index contributed by atoms with van der Waals surface area (Å²) in [7, 11) is 0. The zero-order valence-corrected chi connectivity index (χ0v) is 23.8. The molecule has 0 N–H and O–H groups in total. The monoisotopic (exact) mass is 574 g/mol. The maximum atomic E-state index is 14.5. The van der Waals surface area contributed by atoms with E-state index >= 15 is 0 Å². The number of halogens is 1. The van der Waals surface area contributed by atoms with Crippen molar-refractivity contribution in [1.82, 2.24) is 10.0 Å². The van der Waals surface area contributed by atoms with Crippen LogP contribution in [0.4, 0.5) is 0 Å². The zero-order chi connectivity index (χ0) is 29.3. The van der Waals surface area contributed by atoms with Gasteiger partial charge in [0.2, 0.25) is 0 Å². The number of amides is 3. The van der Waals surface area contributed by atoms with Crippen LogP contribution >= 0.6 is 11.6 Å². The van der Waals surface area contributed by atoms with Gasteiger partial charge in [0.05, 0.1) is 22.4 Å². The van der Waals surface area contributed by atoms with E-state index in [0.717, 1.165) is 37.8 Å². The molecule has 1 fully saturated rings. The number of benzene rings is 4. The molecule has 42 heavy (non-hydrogen) atoms. The van der Waals surface area contributed by atoms with E-state index in [0.29, 0.717) is 5.56 Å². The molecule has 2 bridgehead atoms. The SMILES string of the molecule is Cc1ccc(C(=O)[C@H](C)N(C(=O)c2ccccc2Cl)N2C(=O)[C@@H]3C4c5ccccc5C(c5ccccc54)[C@@H]3C2=O)cc1. The van der Waals surface area contributed by atoms with E-state index in [9.17, 15) is 19.2 Å². The molecular formula is C35H27ClN2O4. The smallest absolute Gasteiger partial charge is 0.275 e. The second kappa shape index (κ2) is 9.78. The minimum absolute atomic E-state index is 0.104. The topological polar surface area (TPSA) is 74.8 Å². The van der Waals surface area contributed by atoms with Crippen molar-refractivity contribution in [3.05, 3.63) is 141 Å². The Labute approximate surface area is 248 Å². The van der Waals surface area contributed by atoms with E-state index in [1.807, 2.05) is 67.6 Å². The standard InChI is InChI=1S/C35H27ClN2O4/c1-19-15-17-21(18-16-19)32(39)20(2)37(33(40)26-13-7-8-14-27(26)36)38-34(41)30-28-22-9-3-4-10-23(22)29(31(30)35(38)42)25-12-6-5-11-24(25)28/h3-18,20,28-31H,1-2H3/t20-,28?,29?,30-,31+/m0/s1. The van der Waals surface area contributed by atoms with Crippen LogP contribution in [0, 0.1) is 18.8 Å². The van der Waals surface area contributed by atoms with Crippen molar-refractivity contribution in [3.63, 3.8) is 0 Å². The highest BCUT2D eigenvalue weighted by molar-refractivity contribution is 6.34. The van der Waals surface area contributed by atoms with Gasteiger partial charge in [-0.3, -0.25) is 19.2 Å². The summed E-state index contributed by atoms with van der Waals surface area (Å²) in [6, 6.07) is 28.2. The summed E-state index contributed by atoms with van der Waals surface area (Å²) in [5.41, 5.74) is 5.56. The molecule has 0 aromatic heterocycles. The third-order valence-corrected chi connectivity index (χ3v) is 9.36. The van der Waals surface area contributed by atoms with Crippen LogP contribution in [0.2, 0.25) is 5.02 Å². The highest BCUT2D eigenvalue weighted by Gasteiger charge is 2.63. The van der Waals surface area contributed by atoms with Gasteiger partial charge in [-0.15, -0.1) is 0 Å². The van der Waals surface area contributed by atoms with Gasteiger partial charge in [-0.2, -0.15) is 5.01 Å². The Bertz CT molecular complexity index is 1680. The lowest BCUT2D eigenvalue weighted by molar-refractivity contribution is -0.156. The number of carbonyl (C=O) groups is 4. The van der Waals surface area contributed by atoms with Gasteiger partial charge in [0, 0.05) is 17.4 Å². The van der Waals surface area contributed by atoms with Gasteiger partial charge < -0.3 is 0 Å². The average molecular weight is 575 g/mol. The molecule has 0 radical (unpaired) electrons. The fourth-order valence-electron chi connectivity index (χ4n) is 7.14. The number of carbonyl (C=O) groups excluding carboxylic acids is 4. The van der Waals surface area contributed by atoms with Crippen LogP contribution in [0.3, 0.4) is 0 Å². The summed E-state index contributed by atoms with van der Waals surface area (Å²) in [5.74, 6) is -4.10. The van der Waals surface area contributed by atoms with E-state index in [1.165, 1.54) is 6.07 Å². The van der Waals surface area contributed by atoms with Gasteiger partial charge in [0.15, 0.2) is 5.78 Å². The third kappa shape index (κ3) is 3.71. The number of hydrogen-bond donors (Lipinski definition) is 0. The van der Waals surface area contributed by atoms with Gasteiger partial charge in [-0.1, -0.05) is 102 Å². The minimum atomic E-state index is -1.16. The summed E-state index contributed by atoms with van der Waals surface area (Å²) in [4.78, 5) is 57.1. The first-order valence-corrected chi connectivity index (χ1v) is 14.4. The van der Waals surface area contributed by atoms with Gasteiger partial charge >= 0.3 is 0 Å². The number of rotatable bonds is 5. The Morgan fingerprint density at radius 2 is 1.17 bits per heavy atom. The van der Waals surface area contributed by atoms with Gasteiger partial charge in [0.25, 0.3) is 17.7 Å². The molecule has 1 heterocycles. The van der Waals surface area contributed by atoms with Crippen molar-refractivity contribution in [2.75, 3.05) is 0 Å². The van der Waals surface area contributed by atoms with Crippen LogP contribution in [0.25, 0.3) is 0 Å². The van der Waals surface area contributed by atoms with Crippen molar-refractivity contribution in [2.24, 2.45) is 11.8 Å². The van der Waals surface area contributed by atoms with Crippen molar-refractivity contribution in [2.45, 2.75) is 31.7 Å². The normalized spacial score (nSPS) is 22.3. The molecule has 0 spiro atoms. The molecule has 7 heteroatoms. The number of aryl methyl sites for hydroxylation is 1. The molecule has 1 aliphatic heterocycles. The second-order valence-electron chi connectivity index (χ2n) is 11.3. The molecular weight excluding hydrogens is 548 g/mol. The summed E-state index contributed by atoms with van der Waals surface area (Å²) in [6.07, 6.45) is 0.